The van der Waals surface area contributed by atoms with Gasteiger partial charge in [0.1, 0.15) is 5.82 Å². The van der Waals surface area contributed by atoms with Crippen molar-refractivity contribution in [1.82, 2.24) is 5.32 Å². The van der Waals surface area contributed by atoms with E-state index in [1.807, 2.05) is 6.92 Å². The lowest BCUT2D eigenvalue weighted by Crippen LogP contribution is -2.47. The number of nitrogens with two attached hydrogens (primary N) is 1. The maximum Gasteiger partial charge on any atom is 0.228 e. The molecule has 0 radical (unpaired) electrons. The second-order valence-electron chi connectivity index (χ2n) is 7.09. The van der Waals surface area contributed by atoms with Crippen LogP contribution in [0.2, 0.25) is 0 Å². The summed E-state index contributed by atoms with van der Waals surface area (Å²) in [5.41, 5.74) is 5.74. The van der Waals surface area contributed by atoms with E-state index in [0.717, 1.165) is 24.8 Å². The second-order valence-corrected chi connectivity index (χ2v) is 7.09. The number of benzene rings is 1. The van der Waals surface area contributed by atoms with Crippen LogP contribution >= 0.6 is 0 Å². The number of rotatable bonds is 6. The Labute approximate surface area is 140 Å². The highest BCUT2D eigenvalue weighted by molar-refractivity contribution is 5.84. The highest BCUT2D eigenvalue weighted by atomic mass is 19.1. The van der Waals surface area contributed by atoms with Crippen molar-refractivity contribution < 1.29 is 18.7 Å². The zero-order chi connectivity index (χ0) is 17.3. The molecule has 2 fully saturated rings. The van der Waals surface area contributed by atoms with E-state index in [1.165, 1.54) is 12.1 Å². The van der Waals surface area contributed by atoms with Gasteiger partial charge in [-0.15, -0.1) is 0 Å². The number of hydrogen-bond donors (Lipinski definition) is 2. The third-order valence-electron chi connectivity index (χ3n) is 5.30. The van der Waals surface area contributed by atoms with Gasteiger partial charge in [-0.05, 0) is 50.3 Å². The van der Waals surface area contributed by atoms with Gasteiger partial charge in [0.05, 0.1) is 23.5 Å². The predicted molar refractivity (Wildman–Crippen MR) is 86.4 cm³/mol. The van der Waals surface area contributed by atoms with Crippen LogP contribution in [0.3, 0.4) is 0 Å². The fraction of sp³-hybridized carbons (Fsp3) is 0.556. The molecular weight excluding hydrogens is 311 g/mol. The zero-order valence-corrected chi connectivity index (χ0v) is 13.8. The van der Waals surface area contributed by atoms with Gasteiger partial charge in [-0.25, -0.2) is 4.39 Å². The topological polar surface area (TPSA) is 81.4 Å². The number of nitrogens with one attached hydrogen (secondary N) is 1. The summed E-state index contributed by atoms with van der Waals surface area (Å²) in [6.07, 6.45) is 3.16. The smallest absolute Gasteiger partial charge is 0.228 e. The van der Waals surface area contributed by atoms with Gasteiger partial charge >= 0.3 is 0 Å². The van der Waals surface area contributed by atoms with E-state index in [2.05, 4.69) is 5.32 Å². The van der Waals surface area contributed by atoms with Crippen LogP contribution in [0.5, 0.6) is 0 Å². The Morgan fingerprint density at radius 3 is 2.62 bits per heavy atom. The summed E-state index contributed by atoms with van der Waals surface area (Å²) < 4.78 is 18.7. The summed E-state index contributed by atoms with van der Waals surface area (Å²) in [5, 5.41) is 2.87. The van der Waals surface area contributed by atoms with Crippen LogP contribution in [0.4, 0.5) is 4.39 Å². The molecule has 2 aliphatic rings. The third-order valence-corrected chi connectivity index (χ3v) is 5.30. The van der Waals surface area contributed by atoms with Crippen LogP contribution in [0.25, 0.3) is 0 Å². The molecule has 3 rings (SSSR count). The van der Waals surface area contributed by atoms with Gasteiger partial charge in [0.15, 0.2) is 0 Å². The molecule has 130 valence electrons. The van der Waals surface area contributed by atoms with Crippen molar-refractivity contribution in [1.29, 1.82) is 0 Å². The number of fused-ring (bicyclic) bond motifs is 2. The highest BCUT2D eigenvalue weighted by Gasteiger charge is 2.53. The van der Waals surface area contributed by atoms with Gasteiger partial charge in [0.25, 0.3) is 0 Å². The number of amides is 2. The first kappa shape index (κ1) is 16.9. The number of hydrogen-bond acceptors (Lipinski definition) is 3. The standard InChI is InChI=1S/C18H23FN2O3/c1-18(9-14-6-7-15(18)24-14)17(23)21-10-12(16(20)22)8-11-2-4-13(19)5-3-11/h2-5,12,14-15H,6-10H2,1H3,(H2,20,22)(H,21,23)/t12-,14-,15-,18+/m1/s1. The van der Waals surface area contributed by atoms with E-state index >= 15 is 0 Å². The molecule has 0 saturated carbocycles. The predicted octanol–water partition coefficient (Wildman–Crippen LogP) is 1.54. The van der Waals surface area contributed by atoms with Crippen LogP contribution in [0.1, 0.15) is 31.7 Å². The van der Waals surface area contributed by atoms with Crippen molar-refractivity contribution >= 4 is 11.8 Å². The highest BCUT2D eigenvalue weighted by Crippen LogP contribution is 2.47. The Morgan fingerprint density at radius 1 is 1.38 bits per heavy atom. The average Bonchev–Trinajstić information content (AvgIpc) is 3.13. The van der Waals surface area contributed by atoms with Crippen LogP contribution in [0.15, 0.2) is 24.3 Å². The molecule has 5 nitrogen and oxygen atoms in total. The first-order chi connectivity index (χ1) is 11.4. The van der Waals surface area contributed by atoms with Crippen LogP contribution < -0.4 is 11.1 Å². The molecule has 1 aromatic rings. The molecule has 24 heavy (non-hydrogen) atoms. The molecule has 2 heterocycles. The van der Waals surface area contributed by atoms with Crippen molar-refractivity contribution in [2.75, 3.05) is 6.54 Å². The largest absolute Gasteiger partial charge is 0.374 e. The summed E-state index contributed by atoms with van der Waals surface area (Å²) in [6, 6.07) is 5.94. The average molecular weight is 334 g/mol. The molecule has 0 unspecified atom stereocenters. The molecule has 2 bridgehead atoms. The zero-order valence-electron chi connectivity index (χ0n) is 13.8. The molecule has 6 heteroatoms. The summed E-state index contributed by atoms with van der Waals surface area (Å²) in [7, 11) is 0. The molecule has 2 aliphatic heterocycles. The number of carbonyl (C=O) groups is 2. The molecule has 0 aromatic heterocycles. The number of halogens is 1. The van der Waals surface area contributed by atoms with Gasteiger partial charge < -0.3 is 15.8 Å². The van der Waals surface area contributed by atoms with Gasteiger partial charge in [0.2, 0.25) is 11.8 Å². The maximum absolute atomic E-state index is 13.0. The molecular formula is C18H23FN2O3. The SMILES string of the molecule is C[C@]1(C(=O)NC[C@@H](Cc2ccc(F)cc2)C(N)=O)C[C@H]2CC[C@H]1O2. The fourth-order valence-electron chi connectivity index (χ4n) is 3.76. The summed E-state index contributed by atoms with van der Waals surface area (Å²) in [6.45, 7) is 2.10. The lowest BCUT2D eigenvalue weighted by molar-refractivity contribution is -0.133. The fourth-order valence-corrected chi connectivity index (χ4v) is 3.76. The molecule has 3 N–H and O–H groups in total. The minimum Gasteiger partial charge on any atom is -0.374 e. The van der Waals surface area contributed by atoms with Gasteiger partial charge in [-0.3, -0.25) is 9.59 Å². The van der Waals surface area contributed by atoms with Gasteiger partial charge in [-0.2, -0.15) is 0 Å². The van der Waals surface area contributed by atoms with Crippen LogP contribution in [0, 0.1) is 17.2 Å². The van der Waals surface area contributed by atoms with Gasteiger partial charge in [-0.1, -0.05) is 12.1 Å². The first-order valence-electron chi connectivity index (χ1n) is 8.36. The Morgan fingerprint density at radius 2 is 2.08 bits per heavy atom. The molecule has 2 amide bonds. The number of carbonyl (C=O) groups excluding carboxylic acids is 2. The van der Waals surface area contributed by atoms with E-state index in [4.69, 9.17) is 10.5 Å². The normalized spacial score (nSPS) is 29.4. The van der Waals surface area contributed by atoms with E-state index in [1.54, 1.807) is 12.1 Å². The Kier molecular flexibility index (Phi) is 4.58. The first-order valence-corrected chi connectivity index (χ1v) is 8.36. The Hall–Kier alpha value is -1.95. The van der Waals surface area contributed by atoms with Crippen molar-refractivity contribution in [3.63, 3.8) is 0 Å². The van der Waals surface area contributed by atoms with Crippen LogP contribution in [-0.4, -0.2) is 30.6 Å². The van der Waals surface area contributed by atoms with Crippen molar-refractivity contribution in [3.8, 4) is 0 Å². The monoisotopic (exact) mass is 334 g/mol. The van der Waals surface area contributed by atoms with Crippen LogP contribution in [-0.2, 0) is 20.7 Å². The van der Waals surface area contributed by atoms with Crippen molar-refractivity contribution in [2.45, 2.75) is 44.8 Å². The summed E-state index contributed by atoms with van der Waals surface area (Å²) in [4.78, 5) is 24.3. The lowest BCUT2D eigenvalue weighted by Gasteiger charge is -2.30. The van der Waals surface area contributed by atoms with Crippen molar-refractivity contribution in [3.05, 3.63) is 35.6 Å². The second kappa shape index (κ2) is 6.51. The molecule has 4 atom stereocenters. The quantitative estimate of drug-likeness (QED) is 0.828. The molecule has 0 aliphatic carbocycles. The van der Waals surface area contributed by atoms with Crippen molar-refractivity contribution in [2.24, 2.45) is 17.1 Å². The van der Waals surface area contributed by atoms with E-state index < -0.39 is 17.2 Å². The van der Waals surface area contributed by atoms with E-state index in [-0.39, 0.29) is 30.5 Å². The van der Waals surface area contributed by atoms with E-state index in [0.29, 0.717) is 6.42 Å². The third kappa shape index (κ3) is 3.29. The maximum atomic E-state index is 13.0. The Balaban J connectivity index is 1.59. The Bertz CT molecular complexity index is 634. The summed E-state index contributed by atoms with van der Waals surface area (Å²) in [5.74, 6) is -1.41. The minimum atomic E-state index is -0.527. The number of ether oxygens (including phenoxy) is 1. The molecule has 2 saturated heterocycles. The molecule has 1 aromatic carbocycles. The minimum absolute atomic E-state index is 0.0355. The lowest BCUT2D eigenvalue weighted by atomic mass is 9.75. The summed E-state index contributed by atoms with van der Waals surface area (Å²) >= 11 is 0. The van der Waals surface area contributed by atoms with Gasteiger partial charge in [0, 0.05) is 6.54 Å². The molecule has 0 spiro atoms. The number of primary amides is 1. The van der Waals surface area contributed by atoms with E-state index in [9.17, 15) is 14.0 Å².